The zero-order valence-electron chi connectivity index (χ0n) is 52.0. The fourth-order valence-electron chi connectivity index (χ4n) is 9.04. The zero-order chi connectivity index (χ0) is 58.7. The zero-order valence-corrected chi connectivity index (χ0v) is 52.9. The van der Waals surface area contributed by atoms with Gasteiger partial charge in [0.1, 0.15) is 6.61 Å². The number of carbonyl (C=O) groups is 2. The van der Waals surface area contributed by atoms with E-state index in [1.54, 1.807) is 0 Å². The number of phosphoric acid groups is 1. The van der Waals surface area contributed by atoms with E-state index in [1.807, 2.05) is 0 Å². The van der Waals surface area contributed by atoms with Crippen molar-refractivity contribution < 1.29 is 37.6 Å². The lowest BCUT2D eigenvalue weighted by Gasteiger charge is -2.19. The number of hydrogen-bond donors (Lipinski definition) is 2. The molecule has 0 aliphatic heterocycles. The van der Waals surface area contributed by atoms with Gasteiger partial charge in [0.15, 0.2) is 6.10 Å². The van der Waals surface area contributed by atoms with Crippen molar-refractivity contribution in [2.45, 2.75) is 290 Å². The van der Waals surface area contributed by atoms with Crippen molar-refractivity contribution in [3.63, 3.8) is 0 Å². The Hall–Kier alpha value is -3.59. The standard InChI is InChI=1S/C71H122NO8P/c1-3-5-7-9-11-13-15-17-19-21-23-25-27-28-29-30-31-32-33-34-35-36-37-38-39-40-42-44-46-48-50-52-54-56-58-60-62-64-71(74)80-69(68-79-81(75,76)78-66-65-72)67-77-70(73)63-61-59-57-55-53-51-49-47-45-43-41-26-24-22-20-18-16-14-12-10-8-6-4-2/h5-8,11-14,17-20,23-26,28-29,43,45,69H,3-4,9-10,15-16,21-22,27,30-42,44,46-68,72H2,1-2H3,(H,75,76)/b7-5-,8-6-,13-11-,14-12-,19-17-,20-18-,25-23-,26-24-,29-28-,45-43-. The van der Waals surface area contributed by atoms with E-state index in [2.05, 4.69) is 135 Å². The van der Waals surface area contributed by atoms with Crippen molar-refractivity contribution in [1.82, 2.24) is 0 Å². The Bertz CT molecular complexity index is 1740. The monoisotopic (exact) mass is 1150 g/mol. The van der Waals surface area contributed by atoms with Gasteiger partial charge in [-0.15, -0.1) is 0 Å². The number of allylic oxidation sites excluding steroid dienone is 20. The molecule has 9 nitrogen and oxygen atoms in total. The van der Waals surface area contributed by atoms with Crippen molar-refractivity contribution in [2.24, 2.45) is 5.73 Å². The third-order valence-electron chi connectivity index (χ3n) is 13.8. The van der Waals surface area contributed by atoms with Crippen molar-refractivity contribution in [1.29, 1.82) is 0 Å². The first-order chi connectivity index (χ1) is 39.8. The number of carbonyl (C=O) groups excluding carboxylic acids is 2. The van der Waals surface area contributed by atoms with Crippen LogP contribution in [0.15, 0.2) is 122 Å². The van der Waals surface area contributed by atoms with E-state index >= 15 is 0 Å². The Morgan fingerprint density at radius 2 is 0.642 bits per heavy atom. The molecule has 81 heavy (non-hydrogen) atoms. The molecule has 0 heterocycles. The molecular weight excluding hydrogens is 1030 g/mol. The molecule has 0 aromatic carbocycles. The largest absolute Gasteiger partial charge is 0.472 e. The van der Waals surface area contributed by atoms with Crippen LogP contribution in [0, 0.1) is 0 Å². The lowest BCUT2D eigenvalue weighted by Crippen LogP contribution is -2.29. The fraction of sp³-hybridized carbons (Fsp3) is 0.690. The van der Waals surface area contributed by atoms with Crippen LogP contribution in [0.1, 0.15) is 284 Å². The van der Waals surface area contributed by atoms with Gasteiger partial charge in [0.2, 0.25) is 0 Å². The first-order valence-electron chi connectivity index (χ1n) is 33.0. The van der Waals surface area contributed by atoms with Crippen LogP contribution < -0.4 is 5.73 Å². The first kappa shape index (κ1) is 77.4. The summed E-state index contributed by atoms with van der Waals surface area (Å²) in [6.07, 6.45) is 91.4. The Kier molecular flexibility index (Phi) is 62.7. The second-order valence-corrected chi connectivity index (χ2v) is 23.0. The first-order valence-corrected chi connectivity index (χ1v) is 34.5. The molecule has 2 unspecified atom stereocenters. The molecule has 0 fully saturated rings. The molecule has 2 atom stereocenters. The van der Waals surface area contributed by atoms with Crippen molar-refractivity contribution in [2.75, 3.05) is 26.4 Å². The van der Waals surface area contributed by atoms with E-state index in [9.17, 15) is 19.0 Å². The van der Waals surface area contributed by atoms with Gasteiger partial charge in [0, 0.05) is 19.4 Å². The third-order valence-corrected chi connectivity index (χ3v) is 14.8. The predicted molar refractivity (Wildman–Crippen MR) is 348 cm³/mol. The number of esters is 2. The molecule has 0 aromatic rings. The van der Waals surface area contributed by atoms with E-state index in [1.165, 1.54) is 135 Å². The number of phosphoric ester groups is 1. The Balaban J connectivity index is 3.88. The van der Waals surface area contributed by atoms with Crippen LogP contribution in [0.5, 0.6) is 0 Å². The molecule has 10 heteroatoms. The minimum atomic E-state index is -4.40. The van der Waals surface area contributed by atoms with Gasteiger partial charge in [0.25, 0.3) is 0 Å². The molecule has 0 aliphatic rings. The van der Waals surface area contributed by atoms with Crippen LogP contribution in [-0.4, -0.2) is 49.3 Å². The fourth-order valence-corrected chi connectivity index (χ4v) is 9.81. The summed E-state index contributed by atoms with van der Waals surface area (Å²) in [5.74, 6) is -0.837. The molecule has 0 spiro atoms. The lowest BCUT2D eigenvalue weighted by atomic mass is 10.0. The summed E-state index contributed by atoms with van der Waals surface area (Å²) in [7, 11) is -4.40. The predicted octanol–water partition coefficient (Wildman–Crippen LogP) is 21.5. The average molecular weight is 1150 g/mol. The van der Waals surface area contributed by atoms with Crippen molar-refractivity contribution >= 4 is 19.8 Å². The van der Waals surface area contributed by atoms with Crippen LogP contribution in [0.25, 0.3) is 0 Å². The Morgan fingerprint density at radius 3 is 0.951 bits per heavy atom. The van der Waals surface area contributed by atoms with Gasteiger partial charge in [-0.1, -0.05) is 289 Å². The highest BCUT2D eigenvalue weighted by atomic mass is 31.2. The molecule has 3 N–H and O–H groups in total. The van der Waals surface area contributed by atoms with Gasteiger partial charge in [0.05, 0.1) is 13.2 Å². The lowest BCUT2D eigenvalue weighted by molar-refractivity contribution is -0.161. The van der Waals surface area contributed by atoms with Crippen LogP contribution >= 0.6 is 7.82 Å². The summed E-state index contributed by atoms with van der Waals surface area (Å²) in [6, 6.07) is 0. The SMILES string of the molecule is CC/C=C\C/C=C\C/C=C\C/C=C\C/C=C\CCCCCCCCCCCCCCCCCCCCCCCC(=O)OC(COC(=O)CCCCCCCCC/C=C\C/C=C\C/C=C\C/C=C\C/C=C\CC)COP(=O)(O)OCCN. The summed E-state index contributed by atoms with van der Waals surface area (Å²) >= 11 is 0. The summed E-state index contributed by atoms with van der Waals surface area (Å²) in [5.41, 5.74) is 5.39. The molecule has 0 saturated heterocycles. The minimum absolute atomic E-state index is 0.0478. The second kappa shape index (κ2) is 65.6. The molecule has 0 amide bonds. The third kappa shape index (κ3) is 65.4. The highest BCUT2D eigenvalue weighted by molar-refractivity contribution is 7.47. The average Bonchev–Trinajstić information content (AvgIpc) is 3.46. The maximum absolute atomic E-state index is 12.8. The Morgan fingerprint density at radius 1 is 0.370 bits per heavy atom. The van der Waals surface area contributed by atoms with Gasteiger partial charge < -0.3 is 20.1 Å². The van der Waals surface area contributed by atoms with Gasteiger partial charge in [-0.2, -0.15) is 0 Å². The molecular formula is C71H122NO8P. The van der Waals surface area contributed by atoms with Gasteiger partial charge in [-0.3, -0.25) is 18.6 Å². The summed E-state index contributed by atoms with van der Waals surface area (Å²) in [4.78, 5) is 35.3. The number of hydrogen-bond acceptors (Lipinski definition) is 8. The van der Waals surface area contributed by atoms with Gasteiger partial charge in [-0.05, 0) is 103 Å². The number of unbranched alkanes of at least 4 members (excludes halogenated alkanes) is 28. The molecule has 0 bridgehead atoms. The topological polar surface area (TPSA) is 134 Å². The molecule has 0 radical (unpaired) electrons. The van der Waals surface area contributed by atoms with Crippen molar-refractivity contribution in [3.8, 4) is 0 Å². The molecule has 0 rings (SSSR count). The number of rotatable bonds is 61. The maximum atomic E-state index is 12.8. The molecule has 464 valence electrons. The van der Waals surface area contributed by atoms with Crippen LogP contribution in [0.2, 0.25) is 0 Å². The van der Waals surface area contributed by atoms with Gasteiger partial charge >= 0.3 is 19.8 Å². The maximum Gasteiger partial charge on any atom is 0.472 e. The Labute approximate surface area is 498 Å². The van der Waals surface area contributed by atoms with Crippen LogP contribution in [-0.2, 0) is 32.7 Å². The molecule has 0 aliphatic carbocycles. The minimum Gasteiger partial charge on any atom is -0.462 e. The molecule has 0 aromatic heterocycles. The summed E-state index contributed by atoms with van der Waals surface area (Å²) in [6.45, 7) is 3.52. The van der Waals surface area contributed by atoms with Crippen molar-refractivity contribution in [3.05, 3.63) is 122 Å². The van der Waals surface area contributed by atoms with E-state index in [-0.39, 0.29) is 32.6 Å². The second-order valence-electron chi connectivity index (χ2n) is 21.6. The number of nitrogens with two attached hydrogens (primary N) is 1. The van der Waals surface area contributed by atoms with Crippen LogP contribution in [0.4, 0.5) is 0 Å². The quantitative estimate of drug-likeness (QED) is 0.0264. The van der Waals surface area contributed by atoms with E-state index in [0.717, 1.165) is 116 Å². The van der Waals surface area contributed by atoms with E-state index < -0.39 is 32.5 Å². The molecule has 0 saturated carbocycles. The summed E-state index contributed by atoms with van der Waals surface area (Å²) < 4.78 is 33.1. The smallest absolute Gasteiger partial charge is 0.462 e. The van der Waals surface area contributed by atoms with E-state index in [0.29, 0.717) is 6.42 Å². The van der Waals surface area contributed by atoms with Crippen LogP contribution in [0.3, 0.4) is 0 Å². The highest BCUT2D eigenvalue weighted by Gasteiger charge is 2.26. The van der Waals surface area contributed by atoms with E-state index in [4.69, 9.17) is 24.3 Å². The highest BCUT2D eigenvalue weighted by Crippen LogP contribution is 2.43. The van der Waals surface area contributed by atoms with Gasteiger partial charge in [-0.25, -0.2) is 4.57 Å². The normalized spacial score (nSPS) is 13.8. The number of ether oxygens (including phenoxy) is 2. The summed E-state index contributed by atoms with van der Waals surface area (Å²) in [5, 5.41) is 0.